The maximum Gasteiger partial charge on any atom is 0.240 e. The third-order valence-electron chi connectivity index (χ3n) is 7.11. The molecule has 11 heteroatoms. The number of hydrogen-bond donors (Lipinski definition) is 1. The first kappa shape index (κ1) is 30.1. The van der Waals surface area contributed by atoms with E-state index < -0.39 is 25.9 Å². The van der Waals surface area contributed by atoms with Crippen LogP contribution in [-0.4, -0.2) is 35.9 Å². The van der Waals surface area contributed by atoms with Crippen LogP contribution in [0.3, 0.4) is 0 Å². The summed E-state index contributed by atoms with van der Waals surface area (Å²) in [6.45, 7) is 1.72. The van der Waals surface area contributed by atoms with Crippen molar-refractivity contribution >= 4 is 42.5 Å². The molecule has 5 rings (SSSR count). The molecule has 0 aliphatic carbocycles. The zero-order valence-electron chi connectivity index (χ0n) is 23.7. The Morgan fingerprint density at radius 1 is 0.884 bits per heavy atom. The summed E-state index contributed by atoms with van der Waals surface area (Å²) < 4.78 is 74.4. The van der Waals surface area contributed by atoms with Gasteiger partial charge in [0.2, 0.25) is 20.0 Å². The number of sulfonamides is 2. The number of anilines is 1. The summed E-state index contributed by atoms with van der Waals surface area (Å²) >= 11 is 0. The first-order valence-corrected chi connectivity index (χ1v) is 16.7. The van der Waals surface area contributed by atoms with Crippen molar-refractivity contribution in [1.82, 2.24) is 4.72 Å². The number of fused-ring (bicyclic) bond motifs is 1. The first-order chi connectivity index (χ1) is 20.4. The standard InChI is InChI=1S/C32H29FN2O6S2/c1-4-29(36)31-27-18-26(23-10-8-9-21(17-23)20-34-43(39,40)25-11-6-5-7-12-25)28(35(2)42(3,37)38)19-30(27)41-32(31)22-13-15-24(33)16-14-22/h5-19,34H,4,20H2,1-3H3. The highest BCUT2D eigenvalue weighted by atomic mass is 32.2. The Hall–Kier alpha value is -4.32. The molecule has 1 aromatic heterocycles. The van der Waals surface area contributed by atoms with Gasteiger partial charge in [0, 0.05) is 42.6 Å². The molecule has 0 atom stereocenters. The molecule has 0 aliphatic rings. The lowest BCUT2D eigenvalue weighted by molar-refractivity contribution is 0.0989. The summed E-state index contributed by atoms with van der Waals surface area (Å²) in [4.78, 5) is 13.4. The van der Waals surface area contributed by atoms with E-state index in [0.717, 1.165) is 10.6 Å². The molecule has 0 spiro atoms. The summed E-state index contributed by atoms with van der Waals surface area (Å²) in [5, 5.41) is 0.474. The number of Topliss-reactive ketones (excluding diaryl/α,β-unsaturated/α-hetero) is 1. The minimum atomic E-state index is -3.76. The first-order valence-electron chi connectivity index (χ1n) is 13.4. The molecule has 43 heavy (non-hydrogen) atoms. The van der Waals surface area contributed by atoms with E-state index in [1.807, 2.05) is 0 Å². The second kappa shape index (κ2) is 11.8. The molecule has 0 amide bonds. The van der Waals surface area contributed by atoms with Gasteiger partial charge in [-0.1, -0.05) is 43.3 Å². The number of carbonyl (C=O) groups excluding carboxylic acids is 1. The van der Waals surface area contributed by atoms with E-state index in [0.29, 0.717) is 38.9 Å². The van der Waals surface area contributed by atoms with Crippen molar-refractivity contribution in [2.45, 2.75) is 24.8 Å². The molecule has 0 saturated heterocycles. The zero-order chi connectivity index (χ0) is 30.9. The van der Waals surface area contributed by atoms with E-state index in [1.165, 1.54) is 43.4 Å². The molecule has 0 fully saturated rings. The van der Waals surface area contributed by atoms with Crippen LogP contribution in [0.25, 0.3) is 33.4 Å². The van der Waals surface area contributed by atoms with Crippen molar-refractivity contribution in [3.05, 3.63) is 108 Å². The number of nitrogens with one attached hydrogen (secondary N) is 1. The molecular weight excluding hydrogens is 591 g/mol. The fraction of sp³-hybridized carbons (Fsp3) is 0.156. The second-order valence-electron chi connectivity index (χ2n) is 10.0. The highest BCUT2D eigenvalue weighted by Crippen LogP contribution is 2.42. The summed E-state index contributed by atoms with van der Waals surface area (Å²) in [7, 11) is -6.06. The van der Waals surface area contributed by atoms with Gasteiger partial charge < -0.3 is 4.42 Å². The van der Waals surface area contributed by atoms with E-state index in [-0.39, 0.29) is 35.0 Å². The average molecular weight is 621 g/mol. The molecule has 1 heterocycles. The lowest BCUT2D eigenvalue weighted by Gasteiger charge is -2.21. The molecule has 5 aromatic rings. The number of benzene rings is 4. The molecule has 0 bridgehead atoms. The number of furan rings is 1. The highest BCUT2D eigenvalue weighted by Gasteiger charge is 2.26. The SMILES string of the molecule is CCC(=O)c1c(-c2ccc(F)cc2)oc2cc(N(C)S(C)(=O)=O)c(-c3cccc(CNS(=O)(=O)c4ccccc4)c3)cc12. The average Bonchev–Trinajstić information content (AvgIpc) is 3.37. The third-order valence-corrected chi connectivity index (χ3v) is 9.72. The monoisotopic (exact) mass is 620 g/mol. The molecule has 0 saturated carbocycles. The predicted molar refractivity (Wildman–Crippen MR) is 165 cm³/mol. The van der Waals surface area contributed by atoms with Gasteiger partial charge in [-0.25, -0.2) is 25.9 Å². The number of ketones is 1. The number of halogens is 1. The molecule has 1 N–H and O–H groups in total. The number of carbonyl (C=O) groups is 1. The Bertz CT molecular complexity index is 2040. The Balaban J connectivity index is 1.66. The van der Waals surface area contributed by atoms with Crippen LogP contribution in [0, 0.1) is 5.82 Å². The van der Waals surface area contributed by atoms with Crippen molar-refractivity contribution in [2.75, 3.05) is 17.6 Å². The minimum absolute atomic E-state index is 0.00937. The molecule has 0 radical (unpaired) electrons. The molecule has 8 nitrogen and oxygen atoms in total. The van der Waals surface area contributed by atoms with Crippen LogP contribution in [-0.2, 0) is 26.6 Å². The van der Waals surface area contributed by atoms with Crippen molar-refractivity contribution in [1.29, 1.82) is 0 Å². The molecule has 222 valence electrons. The molecular formula is C32H29FN2O6S2. The van der Waals surface area contributed by atoms with E-state index in [1.54, 1.807) is 61.5 Å². The number of rotatable bonds is 10. The van der Waals surface area contributed by atoms with E-state index in [4.69, 9.17) is 4.42 Å². The van der Waals surface area contributed by atoms with Gasteiger partial charge in [-0.2, -0.15) is 0 Å². The van der Waals surface area contributed by atoms with Crippen LogP contribution in [0.2, 0.25) is 0 Å². The van der Waals surface area contributed by atoms with Crippen molar-refractivity contribution < 1.29 is 30.4 Å². The summed E-state index contributed by atoms with van der Waals surface area (Å²) in [5.74, 6) is -0.373. The van der Waals surface area contributed by atoms with Gasteiger partial charge >= 0.3 is 0 Å². The Morgan fingerprint density at radius 3 is 2.23 bits per heavy atom. The van der Waals surface area contributed by atoms with Crippen LogP contribution in [0.4, 0.5) is 10.1 Å². The summed E-state index contributed by atoms with van der Waals surface area (Å²) in [6, 6.07) is 23.9. The van der Waals surface area contributed by atoms with Gasteiger partial charge in [0.1, 0.15) is 17.2 Å². The maximum atomic E-state index is 13.7. The van der Waals surface area contributed by atoms with Crippen LogP contribution in [0.5, 0.6) is 0 Å². The quantitative estimate of drug-likeness (QED) is 0.182. The smallest absolute Gasteiger partial charge is 0.240 e. The lowest BCUT2D eigenvalue weighted by Crippen LogP contribution is -2.25. The topological polar surface area (TPSA) is 114 Å². The Morgan fingerprint density at radius 2 is 1.58 bits per heavy atom. The third kappa shape index (κ3) is 6.24. The molecule has 0 aliphatic heterocycles. The number of hydrogen-bond acceptors (Lipinski definition) is 6. The Kier molecular flexibility index (Phi) is 8.24. The second-order valence-corrected chi connectivity index (χ2v) is 13.8. The normalized spacial score (nSPS) is 12.0. The van der Waals surface area contributed by atoms with Gasteiger partial charge in [-0.3, -0.25) is 9.10 Å². The molecule has 0 unspecified atom stereocenters. The van der Waals surface area contributed by atoms with E-state index in [9.17, 15) is 26.0 Å². The van der Waals surface area contributed by atoms with Gasteiger partial charge in [0.25, 0.3) is 0 Å². The maximum absolute atomic E-state index is 13.7. The van der Waals surface area contributed by atoms with Crippen LogP contribution in [0.15, 0.2) is 100 Å². The van der Waals surface area contributed by atoms with Gasteiger partial charge in [0.15, 0.2) is 5.78 Å². The van der Waals surface area contributed by atoms with Gasteiger partial charge in [-0.05, 0) is 59.7 Å². The zero-order valence-corrected chi connectivity index (χ0v) is 25.3. The van der Waals surface area contributed by atoms with Crippen molar-refractivity contribution in [3.8, 4) is 22.5 Å². The van der Waals surface area contributed by atoms with Gasteiger partial charge in [0.05, 0.1) is 22.4 Å². The summed E-state index contributed by atoms with van der Waals surface area (Å²) in [6.07, 6.45) is 1.26. The van der Waals surface area contributed by atoms with E-state index >= 15 is 0 Å². The summed E-state index contributed by atoms with van der Waals surface area (Å²) in [5.41, 5.74) is 3.12. The molecule has 4 aromatic carbocycles. The van der Waals surface area contributed by atoms with Crippen LogP contribution in [0.1, 0.15) is 29.3 Å². The van der Waals surface area contributed by atoms with Gasteiger partial charge in [-0.15, -0.1) is 0 Å². The predicted octanol–water partition coefficient (Wildman–Crippen LogP) is 6.37. The van der Waals surface area contributed by atoms with Crippen LogP contribution < -0.4 is 9.03 Å². The van der Waals surface area contributed by atoms with Crippen molar-refractivity contribution in [2.24, 2.45) is 0 Å². The Labute approximate surface area is 249 Å². The fourth-order valence-electron chi connectivity index (χ4n) is 4.77. The fourth-order valence-corrected chi connectivity index (χ4v) is 6.32. The lowest BCUT2D eigenvalue weighted by atomic mass is 9.95. The highest BCUT2D eigenvalue weighted by molar-refractivity contribution is 7.92. The minimum Gasteiger partial charge on any atom is -0.455 e. The number of nitrogens with zero attached hydrogens (tertiary/aromatic N) is 1. The van der Waals surface area contributed by atoms with E-state index in [2.05, 4.69) is 4.72 Å². The van der Waals surface area contributed by atoms with Crippen molar-refractivity contribution in [3.63, 3.8) is 0 Å². The van der Waals surface area contributed by atoms with Crippen LogP contribution >= 0.6 is 0 Å². The largest absolute Gasteiger partial charge is 0.455 e.